The third-order valence-electron chi connectivity index (χ3n) is 4.13. The van der Waals surface area contributed by atoms with Crippen molar-refractivity contribution in [3.8, 4) is 0 Å². The fourth-order valence-electron chi connectivity index (χ4n) is 2.67. The minimum absolute atomic E-state index is 0.0838. The quantitative estimate of drug-likeness (QED) is 0.743. The summed E-state index contributed by atoms with van der Waals surface area (Å²) in [5, 5.41) is 2.72. The summed E-state index contributed by atoms with van der Waals surface area (Å²) in [7, 11) is 1.77. The lowest BCUT2D eigenvalue weighted by molar-refractivity contribution is -0.134. The Morgan fingerprint density at radius 2 is 1.65 bits per heavy atom. The molecule has 0 heterocycles. The zero-order valence-corrected chi connectivity index (χ0v) is 15.4. The molecule has 0 saturated heterocycles. The van der Waals surface area contributed by atoms with Crippen molar-refractivity contribution in [3.63, 3.8) is 0 Å². The van der Waals surface area contributed by atoms with Crippen molar-refractivity contribution in [1.82, 2.24) is 10.2 Å². The molecule has 0 fully saturated rings. The number of amides is 2. The second-order valence-corrected chi connectivity index (χ2v) is 6.32. The lowest BCUT2D eigenvalue weighted by atomic mass is 10.1. The van der Waals surface area contributed by atoms with E-state index in [0.29, 0.717) is 6.54 Å². The van der Waals surface area contributed by atoms with Gasteiger partial charge in [-0.25, -0.2) is 0 Å². The van der Waals surface area contributed by atoms with Gasteiger partial charge in [0, 0.05) is 19.7 Å². The number of carbonyl (C=O) groups excluding carboxylic acids is 2. The van der Waals surface area contributed by atoms with Gasteiger partial charge in [0.15, 0.2) is 0 Å². The normalized spacial score (nSPS) is 11.9. The maximum atomic E-state index is 12.4. The SMILES string of the molecule is CC(NC(=O)/C=C/c1ccccc1)C(=O)N(C)CCCc1ccccc1. The van der Waals surface area contributed by atoms with Crippen molar-refractivity contribution in [2.45, 2.75) is 25.8 Å². The Morgan fingerprint density at radius 1 is 1.04 bits per heavy atom. The van der Waals surface area contributed by atoms with Gasteiger partial charge in [0.25, 0.3) is 0 Å². The third kappa shape index (κ3) is 6.55. The number of nitrogens with zero attached hydrogens (tertiary/aromatic N) is 1. The second kappa shape index (κ2) is 10.2. The van der Waals surface area contributed by atoms with Crippen LogP contribution in [0, 0.1) is 0 Å². The largest absolute Gasteiger partial charge is 0.344 e. The highest BCUT2D eigenvalue weighted by Gasteiger charge is 2.18. The first-order valence-electron chi connectivity index (χ1n) is 8.89. The smallest absolute Gasteiger partial charge is 0.244 e. The number of benzene rings is 2. The fraction of sp³-hybridized carbons (Fsp3) is 0.273. The fourth-order valence-corrected chi connectivity index (χ4v) is 2.67. The molecule has 0 aliphatic carbocycles. The van der Waals surface area contributed by atoms with Crippen molar-refractivity contribution in [3.05, 3.63) is 77.9 Å². The van der Waals surface area contributed by atoms with Crippen molar-refractivity contribution < 1.29 is 9.59 Å². The lowest BCUT2D eigenvalue weighted by Crippen LogP contribution is -2.45. The molecule has 1 atom stereocenters. The molecular formula is C22H26N2O2. The topological polar surface area (TPSA) is 49.4 Å². The van der Waals surface area contributed by atoms with Gasteiger partial charge in [-0.05, 0) is 37.0 Å². The summed E-state index contributed by atoms with van der Waals surface area (Å²) >= 11 is 0. The van der Waals surface area contributed by atoms with Crippen LogP contribution in [0.1, 0.15) is 24.5 Å². The number of nitrogens with one attached hydrogen (secondary N) is 1. The molecule has 1 unspecified atom stereocenters. The first-order valence-corrected chi connectivity index (χ1v) is 8.89. The molecule has 2 rings (SSSR count). The van der Waals surface area contributed by atoms with E-state index in [1.165, 1.54) is 11.6 Å². The van der Waals surface area contributed by atoms with E-state index in [2.05, 4.69) is 17.4 Å². The zero-order valence-electron chi connectivity index (χ0n) is 15.4. The van der Waals surface area contributed by atoms with Gasteiger partial charge >= 0.3 is 0 Å². The molecule has 1 N–H and O–H groups in total. The summed E-state index contributed by atoms with van der Waals surface area (Å²) < 4.78 is 0. The minimum atomic E-state index is -0.551. The van der Waals surface area contributed by atoms with Gasteiger partial charge in [-0.15, -0.1) is 0 Å². The molecule has 0 bridgehead atoms. The van der Waals surface area contributed by atoms with Crippen molar-refractivity contribution >= 4 is 17.9 Å². The number of hydrogen-bond donors (Lipinski definition) is 1. The molecule has 0 aliphatic heterocycles. The van der Waals surface area contributed by atoms with Crippen LogP contribution in [0.5, 0.6) is 0 Å². The number of rotatable bonds is 8. The summed E-state index contributed by atoms with van der Waals surface area (Å²) in [5.74, 6) is -0.355. The molecule has 0 aromatic heterocycles. The molecule has 136 valence electrons. The van der Waals surface area contributed by atoms with E-state index in [4.69, 9.17) is 0 Å². The average Bonchev–Trinajstić information content (AvgIpc) is 2.67. The summed E-state index contributed by atoms with van der Waals surface area (Å²) in [6.45, 7) is 2.37. The van der Waals surface area contributed by atoms with Gasteiger partial charge in [0.2, 0.25) is 11.8 Å². The summed E-state index contributed by atoms with van der Waals surface area (Å²) in [6, 6.07) is 19.2. The van der Waals surface area contributed by atoms with Gasteiger partial charge in [0.05, 0.1) is 0 Å². The van der Waals surface area contributed by atoms with E-state index >= 15 is 0 Å². The van der Waals surface area contributed by atoms with Crippen LogP contribution in [0.25, 0.3) is 6.08 Å². The van der Waals surface area contributed by atoms with E-state index in [-0.39, 0.29) is 11.8 Å². The highest BCUT2D eigenvalue weighted by atomic mass is 16.2. The van der Waals surface area contributed by atoms with Crippen LogP contribution in [0.3, 0.4) is 0 Å². The molecule has 2 amide bonds. The Kier molecular flexibility index (Phi) is 7.62. The van der Waals surface area contributed by atoms with E-state index in [0.717, 1.165) is 18.4 Å². The first-order chi connectivity index (χ1) is 12.6. The number of likely N-dealkylation sites (N-methyl/N-ethyl adjacent to an activating group) is 1. The number of aryl methyl sites for hydroxylation is 1. The van der Waals surface area contributed by atoms with E-state index in [1.807, 2.05) is 48.5 Å². The van der Waals surface area contributed by atoms with Crippen LogP contribution in [-0.4, -0.2) is 36.3 Å². The van der Waals surface area contributed by atoms with Crippen LogP contribution in [0.15, 0.2) is 66.7 Å². The summed E-state index contributed by atoms with van der Waals surface area (Å²) in [4.78, 5) is 26.0. The number of hydrogen-bond acceptors (Lipinski definition) is 2. The molecule has 0 spiro atoms. The summed E-state index contributed by atoms with van der Waals surface area (Å²) in [6.07, 6.45) is 5.00. The highest BCUT2D eigenvalue weighted by Crippen LogP contribution is 2.04. The monoisotopic (exact) mass is 350 g/mol. The van der Waals surface area contributed by atoms with Crippen molar-refractivity contribution in [2.75, 3.05) is 13.6 Å². The third-order valence-corrected chi connectivity index (χ3v) is 4.13. The maximum absolute atomic E-state index is 12.4. The van der Waals surface area contributed by atoms with Gasteiger partial charge in [0.1, 0.15) is 6.04 Å². The van der Waals surface area contributed by atoms with Gasteiger partial charge in [-0.2, -0.15) is 0 Å². The molecule has 0 radical (unpaired) electrons. The van der Waals surface area contributed by atoms with Crippen LogP contribution >= 0.6 is 0 Å². The van der Waals surface area contributed by atoms with E-state index in [9.17, 15) is 9.59 Å². The van der Waals surface area contributed by atoms with E-state index < -0.39 is 6.04 Å². The van der Waals surface area contributed by atoms with Crippen LogP contribution in [0.2, 0.25) is 0 Å². The predicted octanol–water partition coefficient (Wildman–Crippen LogP) is 3.30. The van der Waals surface area contributed by atoms with Crippen LogP contribution < -0.4 is 5.32 Å². The van der Waals surface area contributed by atoms with Gasteiger partial charge in [-0.1, -0.05) is 60.7 Å². The molecular weight excluding hydrogens is 324 g/mol. The molecule has 4 nitrogen and oxygen atoms in total. The van der Waals surface area contributed by atoms with Crippen LogP contribution in [-0.2, 0) is 16.0 Å². The standard InChI is InChI=1S/C22H26N2O2/c1-18(23-21(25)16-15-20-12-7-4-8-13-20)22(26)24(2)17-9-14-19-10-5-3-6-11-19/h3-8,10-13,15-16,18H,9,14,17H2,1-2H3,(H,23,25)/b16-15+. The predicted molar refractivity (Wildman–Crippen MR) is 105 cm³/mol. The summed E-state index contributed by atoms with van der Waals surface area (Å²) in [5.41, 5.74) is 2.21. The average molecular weight is 350 g/mol. The Morgan fingerprint density at radius 3 is 2.31 bits per heavy atom. The molecule has 2 aromatic rings. The maximum Gasteiger partial charge on any atom is 0.244 e. The van der Waals surface area contributed by atoms with E-state index in [1.54, 1.807) is 24.9 Å². The minimum Gasteiger partial charge on any atom is -0.344 e. The molecule has 0 saturated carbocycles. The lowest BCUT2D eigenvalue weighted by Gasteiger charge is -2.21. The van der Waals surface area contributed by atoms with Crippen molar-refractivity contribution in [2.24, 2.45) is 0 Å². The molecule has 2 aromatic carbocycles. The highest BCUT2D eigenvalue weighted by molar-refractivity contribution is 5.95. The van der Waals surface area contributed by atoms with Crippen molar-refractivity contribution in [1.29, 1.82) is 0 Å². The Bertz CT molecular complexity index is 726. The first kappa shape index (κ1) is 19.4. The molecule has 4 heteroatoms. The van der Waals surface area contributed by atoms with Crippen LogP contribution in [0.4, 0.5) is 0 Å². The van der Waals surface area contributed by atoms with Gasteiger partial charge in [-0.3, -0.25) is 9.59 Å². The Balaban J connectivity index is 1.75. The van der Waals surface area contributed by atoms with Gasteiger partial charge < -0.3 is 10.2 Å². The second-order valence-electron chi connectivity index (χ2n) is 6.32. The molecule has 0 aliphatic rings. The Labute approximate surface area is 155 Å². The number of carbonyl (C=O) groups is 2. The molecule has 26 heavy (non-hydrogen) atoms. The Hall–Kier alpha value is -2.88. The zero-order chi connectivity index (χ0) is 18.8.